The van der Waals surface area contributed by atoms with Crippen molar-refractivity contribution in [1.82, 2.24) is 5.32 Å². The van der Waals surface area contributed by atoms with Gasteiger partial charge in [0.1, 0.15) is 0 Å². The Morgan fingerprint density at radius 1 is 1.29 bits per heavy atom. The molecule has 0 saturated carbocycles. The molecule has 96 valence electrons. The van der Waals surface area contributed by atoms with Crippen LogP contribution in [0.25, 0.3) is 0 Å². The topological polar surface area (TPSA) is 21.3 Å². The van der Waals surface area contributed by atoms with E-state index in [1.165, 1.54) is 11.1 Å². The van der Waals surface area contributed by atoms with Gasteiger partial charge in [0.05, 0.1) is 6.61 Å². The van der Waals surface area contributed by atoms with Crippen LogP contribution in [0.4, 0.5) is 0 Å². The van der Waals surface area contributed by atoms with Gasteiger partial charge in [0.2, 0.25) is 0 Å². The minimum atomic E-state index is 0.470. The van der Waals surface area contributed by atoms with Gasteiger partial charge in [0.25, 0.3) is 0 Å². The van der Waals surface area contributed by atoms with Gasteiger partial charge in [-0.3, -0.25) is 0 Å². The maximum atomic E-state index is 5.05. The van der Waals surface area contributed by atoms with Crippen LogP contribution in [0.1, 0.15) is 37.8 Å². The Bertz CT molecular complexity index is 324. The Hall–Kier alpha value is -0.860. The van der Waals surface area contributed by atoms with Crippen LogP contribution < -0.4 is 5.32 Å². The third kappa shape index (κ3) is 4.49. The van der Waals surface area contributed by atoms with Gasteiger partial charge >= 0.3 is 0 Å². The molecule has 0 fully saturated rings. The van der Waals surface area contributed by atoms with Crippen LogP contribution in [0.15, 0.2) is 24.3 Å². The number of aryl methyl sites for hydroxylation is 1. The summed E-state index contributed by atoms with van der Waals surface area (Å²) in [5, 5.41) is 3.49. The summed E-state index contributed by atoms with van der Waals surface area (Å²) in [6.45, 7) is 8.39. The molecule has 1 aromatic rings. The van der Waals surface area contributed by atoms with Crippen molar-refractivity contribution in [2.24, 2.45) is 0 Å². The minimum absolute atomic E-state index is 0.470. The lowest BCUT2D eigenvalue weighted by atomic mass is 9.92. The fourth-order valence-corrected chi connectivity index (χ4v) is 1.95. The second kappa shape index (κ2) is 7.46. The van der Waals surface area contributed by atoms with Crippen molar-refractivity contribution in [2.75, 3.05) is 20.3 Å². The molecule has 0 aliphatic heterocycles. The molecule has 2 unspecified atom stereocenters. The zero-order chi connectivity index (χ0) is 12.7. The second-order valence-corrected chi connectivity index (χ2v) is 4.62. The lowest BCUT2D eigenvalue weighted by Gasteiger charge is -2.22. The highest BCUT2D eigenvalue weighted by atomic mass is 16.5. The van der Waals surface area contributed by atoms with Gasteiger partial charge in [-0.15, -0.1) is 0 Å². The van der Waals surface area contributed by atoms with Crippen molar-refractivity contribution < 1.29 is 4.74 Å². The number of rotatable bonds is 7. The molecule has 1 N–H and O–H groups in total. The van der Waals surface area contributed by atoms with Gasteiger partial charge in [0, 0.05) is 19.7 Å². The normalized spacial score (nSPS) is 14.6. The molecule has 0 saturated heterocycles. The minimum Gasteiger partial charge on any atom is -0.383 e. The number of hydrogen-bond acceptors (Lipinski definition) is 2. The summed E-state index contributed by atoms with van der Waals surface area (Å²) in [4.78, 5) is 0. The summed E-state index contributed by atoms with van der Waals surface area (Å²) in [7, 11) is 1.74. The summed E-state index contributed by atoms with van der Waals surface area (Å²) in [5.41, 5.74) is 2.83. The maximum Gasteiger partial charge on any atom is 0.0587 e. The number of methoxy groups -OCH3 is 1. The third-order valence-electron chi connectivity index (χ3n) is 3.41. The molecular weight excluding hydrogens is 210 g/mol. The zero-order valence-electron chi connectivity index (χ0n) is 11.5. The molecule has 0 aliphatic rings. The number of nitrogens with one attached hydrogen (secondary N) is 1. The number of hydrogen-bond donors (Lipinski definition) is 1. The summed E-state index contributed by atoms with van der Waals surface area (Å²) in [6, 6.07) is 9.36. The SMILES string of the molecule is CCc1cccc(C(C)C(C)NCCOC)c1. The van der Waals surface area contributed by atoms with E-state index in [1.54, 1.807) is 7.11 Å². The molecule has 0 radical (unpaired) electrons. The van der Waals surface area contributed by atoms with Gasteiger partial charge in [-0.2, -0.15) is 0 Å². The van der Waals surface area contributed by atoms with E-state index in [0.717, 1.165) is 19.6 Å². The van der Waals surface area contributed by atoms with Crippen molar-refractivity contribution in [2.45, 2.75) is 39.2 Å². The van der Waals surface area contributed by atoms with E-state index in [1.807, 2.05) is 0 Å². The fourth-order valence-electron chi connectivity index (χ4n) is 1.95. The highest BCUT2D eigenvalue weighted by Gasteiger charge is 2.13. The lowest BCUT2D eigenvalue weighted by molar-refractivity contribution is 0.195. The molecule has 0 spiro atoms. The van der Waals surface area contributed by atoms with E-state index < -0.39 is 0 Å². The first kappa shape index (κ1) is 14.2. The van der Waals surface area contributed by atoms with Crippen LogP contribution in [-0.2, 0) is 11.2 Å². The molecule has 0 aliphatic carbocycles. The highest BCUT2D eigenvalue weighted by Crippen LogP contribution is 2.20. The van der Waals surface area contributed by atoms with E-state index >= 15 is 0 Å². The molecule has 0 amide bonds. The standard InChI is InChI=1S/C15H25NO/c1-5-14-7-6-8-15(11-14)12(2)13(3)16-9-10-17-4/h6-8,11-13,16H,5,9-10H2,1-4H3. The smallest absolute Gasteiger partial charge is 0.0587 e. The van der Waals surface area contributed by atoms with Crippen LogP contribution in [0, 0.1) is 0 Å². The Kier molecular flexibility index (Phi) is 6.23. The Balaban J connectivity index is 2.57. The van der Waals surface area contributed by atoms with Crippen LogP contribution in [0.3, 0.4) is 0 Å². The van der Waals surface area contributed by atoms with Crippen LogP contribution >= 0.6 is 0 Å². The first-order valence-electron chi connectivity index (χ1n) is 6.50. The fraction of sp³-hybridized carbons (Fsp3) is 0.600. The van der Waals surface area contributed by atoms with Crippen molar-refractivity contribution in [3.63, 3.8) is 0 Å². The van der Waals surface area contributed by atoms with E-state index in [4.69, 9.17) is 4.74 Å². The van der Waals surface area contributed by atoms with Crippen LogP contribution in [-0.4, -0.2) is 26.3 Å². The summed E-state index contributed by atoms with van der Waals surface area (Å²) in [5.74, 6) is 0.526. The summed E-state index contributed by atoms with van der Waals surface area (Å²) >= 11 is 0. The molecular formula is C15H25NO. The molecule has 1 aromatic carbocycles. The zero-order valence-corrected chi connectivity index (χ0v) is 11.5. The molecule has 1 rings (SSSR count). The van der Waals surface area contributed by atoms with Crippen molar-refractivity contribution in [1.29, 1.82) is 0 Å². The van der Waals surface area contributed by atoms with Gasteiger partial charge < -0.3 is 10.1 Å². The second-order valence-electron chi connectivity index (χ2n) is 4.62. The summed E-state index contributed by atoms with van der Waals surface area (Å²) in [6.07, 6.45) is 1.10. The van der Waals surface area contributed by atoms with E-state index in [-0.39, 0.29) is 0 Å². The van der Waals surface area contributed by atoms with E-state index in [0.29, 0.717) is 12.0 Å². The molecule has 2 nitrogen and oxygen atoms in total. The average molecular weight is 235 g/mol. The van der Waals surface area contributed by atoms with Crippen molar-refractivity contribution >= 4 is 0 Å². The highest BCUT2D eigenvalue weighted by molar-refractivity contribution is 5.27. The molecule has 0 aromatic heterocycles. The van der Waals surface area contributed by atoms with Gasteiger partial charge in [-0.1, -0.05) is 38.1 Å². The largest absolute Gasteiger partial charge is 0.383 e. The maximum absolute atomic E-state index is 5.05. The third-order valence-corrected chi connectivity index (χ3v) is 3.41. The number of benzene rings is 1. The quantitative estimate of drug-likeness (QED) is 0.734. The van der Waals surface area contributed by atoms with E-state index in [9.17, 15) is 0 Å². The Labute approximate surface area is 105 Å². The Morgan fingerprint density at radius 3 is 2.71 bits per heavy atom. The molecule has 17 heavy (non-hydrogen) atoms. The number of ether oxygens (including phenoxy) is 1. The van der Waals surface area contributed by atoms with Crippen molar-refractivity contribution in [3.8, 4) is 0 Å². The van der Waals surface area contributed by atoms with Crippen LogP contribution in [0.5, 0.6) is 0 Å². The van der Waals surface area contributed by atoms with Crippen LogP contribution in [0.2, 0.25) is 0 Å². The van der Waals surface area contributed by atoms with Gasteiger partial charge in [0.15, 0.2) is 0 Å². The van der Waals surface area contributed by atoms with Gasteiger partial charge in [-0.25, -0.2) is 0 Å². The Morgan fingerprint density at radius 2 is 2.06 bits per heavy atom. The predicted octanol–water partition coefficient (Wildman–Crippen LogP) is 2.98. The molecule has 2 heteroatoms. The molecule has 0 heterocycles. The first-order chi connectivity index (χ1) is 8.19. The average Bonchev–Trinajstić information content (AvgIpc) is 2.38. The lowest BCUT2D eigenvalue weighted by Crippen LogP contribution is -2.33. The van der Waals surface area contributed by atoms with E-state index in [2.05, 4.69) is 50.4 Å². The molecule has 2 atom stereocenters. The monoisotopic (exact) mass is 235 g/mol. The summed E-state index contributed by atoms with van der Waals surface area (Å²) < 4.78 is 5.05. The first-order valence-corrected chi connectivity index (χ1v) is 6.50. The molecule has 0 bridgehead atoms. The predicted molar refractivity (Wildman–Crippen MR) is 73.6 cm³/mol. The van der Waals surface area contributed by atoms with Crippen molar-refractivity contribution in [3.05, 3.63) is 35.4 Å². The van der Waals surface area contributed by atoms with Gasteiger partial charge in [-0.05, 0) is 30.4 Å².